The van der Waals surface area contributed by atoms with Gasteiger partial charge in [-0.05, 0) is 37.5 Å². The third-order valence-electron chi connectivity index (χ3n) is 3.48. The predicted molar refractivity (Wildman–Crippen MR) is 68.1 cm³/mol. The smallest absolute Gasteiger partial charge is 0.249 e. The normalized spacial score (nSPS) is 22.3. The summed E-state index contributed by atoms with van der Waals surface area (Å²) in [4.78, 5) is 12.0. The first-order valence-electron chi connectivity index (χ1n) is 6.55. The Hall–Kier alpha value is -1.75. The van der Waals surface area contributed by atoms with Gasteiger partial charge in [-0.1, -0.05) is 6.07 Å². The summed E-state index contributed by atoms with van der Waals surface area (Å²) < 4.78 is 16.0. The zero-order chi connectivity index (χ0) is 13.2. The summed E-state index contributed by atoms with van der Waals surface area (Å²) in [6, 6.07) is 5.63. The van der Waals surface area contributed by atoms with E-state index in [1.54, 1.807) is 0 Å². The van der Waals surface area contributed by atoms with Gasteiger partial charge in [0, 0.05) is 6.61 Å². The maximum Gasteiger partial charge on any atom is 0.249 e. The first-order chi connectivity index (χ1) is 9.24. The van der Waals surface area contributed by atoms with Crippen LogP contribution in [0.25, 0.3) is 0 Å². The SMILES string of the molecule is C[C@@H](NC(=O)[C@H]1CCCO1)c1ccc2c(c1)OCO2. The molecule has 2 atom stereocenters. The van der Waals surface area contributed by atoms with Gasteiger partial charge in [0.05, 0.1) is 6.04 Å². The molecule has 3 rings (SSSR count). The molecule has 2 heterocycles. The summed E-state index contributed by atoms with van der Waals surface area (Å²) in [6.45, 7) is 2.89. The zero-order valence-electron chi connectivity index (χ0n) is 10.8. The first-order valence-corrected chi connectivity index (χ1v) is 6.55. The number of hydrogen-bond donors (Lipinski definition) is 1. The van der Waals surface area contributed by atoms with Crippen LogP contribution >= 0.6 is 0 Å². The Morgan fingerprint density at radius 1 is 1.37 bits per heavy atom. The molecule has 1 aromatic carbocycles. The van der Waals surface area contributed by atoms with Crippen LogP contribution < -0.4 is 14.8 Å². The molecular formula is C14H17NO4. The van der Waals surface area contributed by atoms with Crippen molar-refractivity contribution < 1.29 is 19.0 Å². The molecule has 1 saturated heterocycles. The van der Waals surface area contributed by atoms with E-state index in [-0.39, 0.29) is 24.8 Å². The monoisotopic (exact) mass is 263 g/mol. The molecule has 1 N–H and O–H groups in total. The second-order valence-corrected chi connectivity index (χ2v) is 4.84. The van der Waals surface area contributed by atoms with E-state index in [1.165, 1.54) is 0 Å². The summed E-state index contributed by atoms with van der Waals surface area (Å²) in [5, 5.41) is 2.97. The Balaban J connectivity index is 1.66. The van der Waals surface area contributed by atoms with Crippen LogP contribution in [0, 0.1) is 0 Å². The molecule has 1 fully saturated rings. The number of ether oxygens (including phenoxy) is 3. The summed E-state index contributed by atoms with van der Waals surface area (Å²) >= 11 is 0. The van der Waals surface area contributed by atoms with Gasteiger partial charge in [-0.25, -0.2) is 0 Å². The van der Waals surface area contributed by atoms with E-state index in [9.17, 15) is 4.79 Å². The molecule has 2 aliphatic rings. The fourth-order valence-electron chi connectivity index (χ4n) is 2.36. The highest BCUT2D eigenvalue weighted by Gasteiger charge is 2.25. The van der Waals surface area contributed by atoms with Crippen LogP contribution in [-0.2, 0) is 9.53 Å². The molecule has 0 spiro atoms. The van der Waals surface area contributed by atoms with E-state index < -0.39 is 0 Å². The second kappa shape index (κ2) is 5.09. The molecule has 0 aromatic heterocycles. The number of rotatable bonds is 3. The fraction of sp³-hybridized carbons (Fsp3) is 0.500. The second-order valence-electron chi connectivity index (χ2n) is 4.84. The Kier molecular flexibility index (Phi) is 3.29. The third kappa shape index (κ3) is 2.51. The third-order valence-corrected chi connectivity index (χ3v) is 3.48. The minimum Gasteiger partial charge on any atom is -0.454 e. The number of carbonyl (C=O) groups excluding carboxylic acids is 1. The van der Waals surface area contributed by atoms with Gasteiger partial charge in [0.25, 0.3) is 0 Å². The van der Waals surface area contributed by atoms with Crippen molar-refractivity contribution in [1.29, 1.82) is 0 Å². The highest BCUT2D eigenvalue weighted by Crippen LogP contribution is 2.34. The van der Waals surface area contributed by atoms with E-state index in [0.717, 1.165) is 29.9 Å². The topological polar surface area (TPSA) is 56.8 Å². The molecule has 1 aromatic rings. The molecular weight excluding hydrogens is 246 g/mol. The van der Waals surface area contributed by atoms with Crippen LogP contribution in [-0.4, -0.2) is 25.4 Å². The van der Waals surface area contributed by atoms with E-state index in [4.69, 9.17) is 14.2 Å². The van der Waals surface area contributed by atoms with Crippen LogP contribution in [0.1, 0.15) is 31.4 Å². The molecule has 5 heteroatoms. The number of fused-ring (bicyclic) bond motifs is 1. The number of benzene rings is 1. The lowest BCUT2D eigenvalue weighted by atomic mass is 10.1. The summed E-state index contributed by atoms with van der Waals surface area (Å²) in [7, 11) is 0. The van der Waals surface area contributed by atoms with Gasteiger partial charge < -0.3 is 19.5 Å². The lowest BCUT2D eigenvalue weighted by molar-refractivity contribution is -0.130. The van der Waals surface area contributed by atoms with Gasteiger partial charge in [-0.15, -0.1) is 0 Å². The van der Waals surface area contributed by atoms with E-state index in [2.05, 4.69) is 5.32 Å². The van der Waals surface area contributed by atoms with Gasteiger partial charge in [0.15, 0.2) is 11.5 Å². The lowest BCUT2D eigenvalue weighted by Gasteiger charge is -2.17. The van der Waals surface area contributed by atoms with Crippen LogP contribution in [0.5, 0.6) is 11.5 Å². The summed E-state index contributed by atoms with van der Waals surface area (Å²) in [5.74, 6) is 1.44. The van der Waals surface area contributed by atoms with E-state index in [1.807, 2.05) is 25.1 Å². The summed E-state index contributed by atoms with van der Waals surface area (Å²) in [6.07, 6.45) is 1.47. The van der Waals surface area contributed by atoms with Crippen molar-refractivity contribution >= 4 is 5.91 Å². The minimum absolute atomic E-state index is 0.0392. The fourth-order valence-corrected chi connectivity index (χ4v) is 2.36. The predicted octanol–water partition coefficient (Wildman–Crippen LogP) is 1.77. The van der Waals surface area contributed by atoms with E-state index >= 15 is 0 Å². The molecule has 0 saturated carbocycles. The molecule has 0 unspecified atom stereocenters. The number of amides is 1. The van der Waals surface area contributed by atoms with Crippen LogP contribution in [0.2, 0.25) is 0 Å². The lowest BCUT2D eigenvalue weighted by Crippen LogP contribution is -2.35. The molecule has 5 nitrogen and oxygen atoms in total. The van der Waals surface area contributed by atoms with E-state index in [0.29, 0.717) is 6.61 Å². The largest absolute Gasteiger partial charge is 0.454 e. The van der Waals surface area contributed by atoms with Crippen molar-refractivity contribution in [2.75, 3.05) is 13.4 Å². The minimum atomic E-state index is -0.295. The van der Waals surface area contributed by atoms with Crippen LogP contribution in [0.3, 0.4) is 0 Å². The molecule has 0 radical (unpaired) electrons. The van der Waals surface area contributed by atoms with Crippen molar-refractivity contribution in [3.05, 3.63) is 23.8 Å². The van der Waals surface area contributed by atoms with Crippen molar-refractivity contribution in [2.45, 2.75) is 31.9 Å². The van der Waals surface area contributed by atoms with Gasteiger partial charge in [-0.2, -0.15) is 0 Å². The molecule has 2 aliphatic heterocycles. The van der Waals surface area contributed by atoms with Crippen molar-refractivity contribution in [3.8, 4) is 11.5 Å². The highest BCUT2D eigenvalue weighted by atomic mass is 16.7. The Bertz CT molecular complexity index is 482. The van der Waals surface area contributed by atoms with Crippen LogP contribution in [0.4, 0.5) is 0 Å². The average molecular weight is 263 g/mol. The van der Waals surface area contributed by atoms with Crippen LogP contribution in [0.15, 0.2) is 18.2 Å². The number of hydrogen-bond acceptors (Lipinski definition) is 4. The van der Waals surface area contributed by atoms with Crippen molar-refractivity contribution in [2.24, 2.45) is 0 Å². The van der Waals surface area contributed by atoms with Gasteiger partial charge in [0.2, 0.25) is 12.7 Å². The maximum absolute atomic E-state index is 12.0. The zero-order valence-corrected chi connectivity index (χ0v) is 10.8. The standard InChI is InChI=1S/C14H17NO4/c1-9(15-14(16)12-3-2-6-17-12)10-4-5-11-13(7-10)19-8-18-11/h4-5,7,9,12H,2-3,6,8H2,1H3,(H,15,16)/t9-,12-/m1/s1. The molecule has 0 aliphatic carbocycles. The molecule has 102 valence electrons. The number of nitrogens with one attached hydrogen (secondary N) is 1. The van der Waals surface area contributed by atoms with Gasteiger partial charge >= 0.3 is 0 Å². The Labute approximate surface area is 111 Å². The molecule has 1 amide bonds. The quantitative estimate of drug-likeness (QED) is 0.903. The molecule has 0 bridgehead atoms. The van der Waals surface area contributed by atoms with Crippen molar-refractivity contribution in [1.82, 2.24) is 5.32 Å². The first kappa shape index (κ1) is 12.3. The molecule has 19 heavy (non-hydrogen) atoms. The summed E-state index contributed by atoms with van der Waals surface area (Å²) in [5.41, 5.74) is 0.996. The van der Waals surface area contributed by atoms with Gasteiger partial charge in [-0.3, -0.25) is 4.79 Å². The number of carbonyl (C=O) groups is 1. The Morgan fingerprint density at radius 2 is 2.21 bits per heavy atom. The maximum atomic E-state index is 12.0. The van der Waals surface area contributed by atoms with Gasteiger partial charge in [0.1, 0.15) is 6.10 Å². The highest BCUT2D eigenvalue weighted by molar-refractivity contribution is 5.81. The van der Waals surface area contributed by atoms with Crippen molar-refractivity contribution in [3.63, 3.8) is 0 Å². The average Bonchev–Trinajstić information content (AvgIpc) is 3.09. The Morgan fingerprint density at radius 3 is 3.00 bits per heavy atom.